The molecule has 3 atom stereocenters. The lowest BCUT2D eigenvalue weighted by molar-refractivity contribution is 0.612. The predicted octanol–water partition coefficient (Wildman–Crippen LogP) is 3.90. The lowest BCUT2D eigenvalue weighted by Gasteiger charge is -2.20. The molecule has 2 aliphatic rings. The minimum Gasteiger partial charge on any atom is -0.353 e. The maximum Gasteiger partial charge on any atom is 0.191 e. The van der Waals surface area contributed by atoms with Gasteiger partial charge in [0, 0.05) is 48.8 Å². The van der Waals surface area contributed by atoms with Crippen molar-refractivity contribution in [1.29, 1.82) is 0 Å². The molecule has 0 spiro atoms. The van der Waals surface area contributed by atoms with Crippen molar-refractivity contribution in [3.63, 3.8) is 0 Å². The van der Waals surface area contributed by atoms with E-state index in [2.05, 4.69) is 60.8 Å². The van der Waals surface area contributed by atoms with Gasteiger partial charge in [0.25, 0.3) is 0 Å². The fourth-order valence-electron chi connectivity index (χ4n) is 3.65. The third-order valence-electron chi connectivity index (χ3n) is 5.20. The highest BCUT2D eigenvalue weighted by Gasteiger charge is 2.39. The van der Waals surface area contributed by atoms with Gasteiger partial charge < -0.3 is 15.5 Å². The van der Waals surface area contributed by atoms with Crippen LogP contribution in [0.1, 0.15) is 24.3 Å². The van der Waals surface area contributed by atoms with Gasteiger partial charge in [0.15, 0.2) is 17.6 Å². The molecule has 150 valence electrons. The van der Waals surface area contributed by atoms with E-state index in [0.717, 1.165) is 36.4 Å². The number of halogens is 3. The first-order valence-corrected chi connectivity index (χ1v) is 10.0. The largest absolute Gasteiger partial charge is 0.353 e. The van der Waals surface area contributed by atoms with Crippen LogP contribution < -0.4 is 15.5 Å². The summed E-state index contributed by atoms with van der Waals surface area (Å²) in [6.45, 7) is 1.50. The molecule has 0 bridgehead atoms. The van der Waals surface area contributed by atoms with E-state index < -0.39 is 0 Å². The normalized spacial score (nSPS) is 23.9. The van der Waals surface area contributed by atoms with E-state index in [9.17, 15) is 4.39 Å². The van der Waals surface area contributed by atoms with Crippen LogP contribution in [0, 0.1) is 5.82 Å². The van der Waals surface area contributed by atoms with Crippen molar-refractivity contribution in [1.82, 2.24) is 15.6 Å². The Labute approximate surface area is 190 Å². The second-order valence-electron chi connectivity index (χ2n) is 7.10. The summed E-state index contributed by atoms with van der Waals surface area (Å²) >= 11 is 3.48. The van der Waals surface area contributed by atoms with E-state index in [1.807, 2.05) is 4.90 Å². The van der Waals surface area contributed by atoms with Gasteiger partial charge >= 0.3 is 0 Å². The van der Waals surface area contributed by atoms with E-state index >= 15 is 0 Å². The number of hydrogen-bond donors (Lipinski definition) is 2. The molecule has 2 heterocycles. The van der Waals surface area contributed by atoms with Gasteiger partial charge in [0.05, 0.1) is 0 Å². The summed E-state index contributed by atoms with van der Waals surface area (Å²) in [4.78, 5) is 10.5. The Hall–Kier alpha value is -1.42. The Morgan fingerprint density at radius 3 is 2.75 bits per heavy atom. The van der Waals surface area contributed by atoms with Crippen LogP contribution >= 0.6 is 39.9 Å². The molecule has 1 aliphatic carbocycles. The van der Waals surface area contributed by atoms with Crippen LogP contribution in [0.5, 0.6) is 0 Å². The Balaban J connectivity index is 0.00000225. The molecule has 1 saturated heterocycles. The molecule has 1 saturated carbocycles. The van der Waals surface area contributed by atoms with Crippen molar-refractivity contribution in [3.05, 3.63) is 58.4 Å². The van der Waals surface area contributed by atoms with Gasteiger partial charge in [0.1, 0.15) is 0 Å². The number of guanidine groups is 1. The van der Waals surface area contributed by atoms with Gasteiger partial charge in [-0.3, -0.25) is 4.99 Å². The summed E-state index contributed by atoms with van der Waals surface area (Å²) in [5.74, 6) is 1.51. The minimum atomic E-state index is -0.268. The predicted molar refractivity (Wildman–Crippen MR) is 125 cm³/mol. The maximum atomic E-state index is 13.9. The summed E-state index contributed by atoms with van der Waals surface area (Å²) in [6, 6.07) is 12.2. The monoisotopic (exact) mass is 559 g/mol. The van der Waals surface area contributed by atoms with Crippen LogP contribution in [0.15, 0.2) is 52.1 Å². The number of nitrogens with zero attached hydrogens (tertiary/aromatic N) is 3. The number of aromatic nitrogens is 1. The Bertz CT molecular complexity index is 832. The molecule has 0 radical (unpaired) electrons. The second kappa shape index (κ2) is 9.39. The number of pyridine rings is 1. The van der Waals surface area contributed by atoms with Crippen LogP contribution in [0.2, 0.25) is 0 Å². The van der Waals surface area contributed by atoms with Crippen molar-refractivity contribution in [3.8, 4) is 0 Å². The molecule has 1 aromatic carbocycles. The molecule has 2 aromatic rings. The van der Waals surface area contributed by atoms with Crippen LogP contribution in [-0.4, -0.2) is 43.2 Å². The van der Waals surface area contributed by atoms with Crippen molar-refractivity contribution in [2.24, 2.45) is 4.99 Å². The van der Waals surface area contributed by atoms with Crippen LogP contribution in [-0.2, 0) is 0 Å². The first-order valence-electron chi connectivity index (χ1n) is 9.25. The molecule has 28 heavy (non-hydrogen) atoms. The quantitative estimate of drug-likeness (QED) is 0.339. The molecule has 2 fully saturated rings. The summed E-state index contributed by atoms with van der Waals surface area (Å²) in [5, 5.41) is 6.99. The number of aliphatic imine (C=N–C) groups is 1. The standard InChI is InChI=1S/C20H23BrFN5.HI/c1-23-20(26-18-11-16(18)13-4-6-14(21)7-5-13)25-15-8-10-27(12-15)19-17(22)3-2-9-24-19;/h2-7,9,15-16,18H,8,10-12H2,1H3,(H2,23,25,26);1H. The maximum absolute atomic E-state index is 13.9. The highest BCUT2D eigenvalue weighted by molar-refractivity contribution is 14.0. The summed E-state index contributed by atoms with van der Waals surface area (Å²) in [7, 11) is 1.79. The highest BCUT2D eigenvalue weighted by atomic mass is 127. The Morgan fingerprint density at radius 1 is 1.25 bits per heavy atom. The molecular formula is C20H24BrFIN5. The number of rotatable bonds is 4. The summed E-state index contributed by atoms with van der Waals surface area (Å²) in [5.41, 5.74) is 1.35. The molecular weight excluding hydrogens is 536 g/mol. The molecule has 1 aromatic heterocycles. The van der Waals surface area contributed by atoms with Crippen molar-refractivity contribution in [2.75, 3.05) is 25.0 Å². The van der Waals surface area contributed by atoms with E-state index in [1.54, 1.807) is 19.3 Å². The zero-order valence-corrected chi connectivity index (χ0v) is 19.5. The van der Waals surface area contributed by atoms with E-state index in [4.69, 9.17) is 0 Å². The SMILES string of the molecule is CN=C(NC1CCN(c2ncccc2F)C1)NC1CC1c1ccc(Br)cc1.I. The second-order valence-corrected chi connectivity index (χ2v) is 8.02. The Morgan fingerprint density at radius 2 is 2.04 bits per heavy atom. The van der Waals surface area contributed by atoms with Gasteiger partial charge in [-0.2, -0.15) is 0 Å². The molecule has 0 amide bonds. The lowest BCUT2D eigenvalue weighted by atomic mass is 10.1. The summed E-state index contributed by atoms with van der Waals surface area (Å²) < 4.78 is 15.0. The molecule has 5 nitrogen and oxygen atoms in total. The van der Waals surface area contributed by atoms with E-state index in [-0.39, 0.29) is 35.8 Å². The van der Waals surface area contributed by atoms with Crippen molar-refractivity contribution < 1.29 is 4.39 Å². The van der Waals surface area contributed by atoms with E-state index in [0.29, 0.717) is 17.8 Å². The summed E-state index contributed by atoms with van der Waals surface area (Å²) in [6.07, 6.45) is 3.67. The van der Waals surface area contributed by atoms with Gasteiger partial charge in [-0.15, -0.1) is 24.0 Å². The van der Waals surface area contributed by atoms with E-state index in [1.165, 1.54) is 11.6 Å². The number of anilines is 1. The zero-order chi connectivity index (χ0) is 18.8. The molecule has 2 N–H and O–H groups in total. The molecule has 8 heteroatoms. The smallest absolute Gasteiger partial charge is 0.191 e. The number of nitrogens with one attached hydrogen (secondary N) is 2. The van der Waals surface area contributed by atoms with Gasteiger partial charge in [-0.25, -0.2) is 9.37 Å². The van der Waals surface area contributed by atoms with Gasteiger partial charge in [0.2, 0.25) is 0 Å². The van der Waals surface area contributed by atoms with Gasteiger partial charge in [-0.1, -0.05) is 28.1 Å². The minimum absolute atomic E-state index is 0. The fraction of sp³-hybridized carbons (Fsp3) is 0.400. The molecule has 3 unspecified atom stereocenters. The first kappa shape index (κ1) is 21.3. The first-order chi connectivity index (χ1) is 13.1. The average molecular weight is 560 g/mol. The van der Waals surface area contributed by atoms with Crippen LogP contribution in [0.4, 0.5) is 10.2 Å². The van der Waals surface area contributed by atoms with Gasteiger partial charge in [-0.05, 0) is 42.7 Å². The fourth-order valence-corrected chi connectivity index (χ4v) is 3.92. The van der Waals surface area contributed by atoms with Crippen molar-refractivity contribution in [2.45, 2.75) is 30.8 Å². The number of hydrogen-bond acceptors (Lipinski definition) is 3. The third kappa shape index (κ3) is 4.94. The lowest BCUT2D eigenvalue weighted by Crippen LogP contribution is -2.45. The van der Waals surface area contributed by atoms with Crippen LogP contribution in [0.3, 0.4) is 0 Å². The molecule has 1 aliphatic heterocycles. The highest BCUT2D eigenvalue weighted by Crippen LogP contribution is 2.41. The zero-order valence-electron chi connectivity index (χ0n) is 15.6. The van der Waals surface area contributed by atoms with Crippen LogP contribution in [0.25, 0.3) is 0 Å². The number of benzene rings is 1. The topological polar surface area (TPSA) is 52.6 Å². The molecule has 4 rings (SSSR count). The Kier molecular flexibility index (Phi) is 7.14. The average Bonchev–Trinajstić information content (AvgIpc) is 3.28. The van der Waals surface area contributed by atoms with Crippen molar-refractivity contribution >= 4 is 51.7 Å². The third-order valence-corrected chi connectivity index (χ3v) is 5.73.